The van der Waals surface area contributed by atoms with Gasteiger partial charge in [0.25, 0.3) is 0 Å². The second-order valence-corrected chi connectivity index (χ2v) is 5.83. The Bertz CT molecular complexity index is 341. The molecule has 1 aliphatic heterocycles. The normalized spacial score (nSPS) is 19.5. The molecule has 0 amide bonds. The Kier molecular flexibility index (Phi) is 6.64. The van der Waals surface area contributed by atoms with Gasteiger partial charge in [-0.05, 0) is 45.6 Å². The molecule has 0 aromatic carbocycles. The fraction of sp³-hybridized carbons (Fsp3) is 0.765. The highest BCUT2D eigenvalue weighted by molar-refractivity contribution is 5.20. The van der Waals surface area contributed by atoms with Gasteiger partial charge in [0.1, 0.15) is 0 Å². The van der Waals surface area contributed by atoms with Crippen LogP contribution in [-0.2, 0) is 0 Å². The van der Waals surface area contributed by atoms with Gasteiger partial charge >= 0.3 is 0 Å². The van der Waals surface area contributed by atoms with Crippen LogP contribution in [0.15, 0.2) is 22.9 Å². The van der Waals surface area contributed by atoms with E-state index in [4.69, 9.17) is 0 Å². The highest BCUT2D eigenvalue weighted by Gasteiger charge is 2.28. The summed E-state index contributed by atoms with van der Waals surface area (Å²) in [6.07, 6.45) is 7.36. The summed E-state index contributed by atoms with van der Waals surface area (Å²) in [5, 5.41) is 4.86. The number of allylic oxidation sites excluding steroid dienone is 3. The first-order chi connectivity index (χ1) is 9.04. The molecule has 0 spiro atoms. The zero-order valence-electron chi connectivity index (χ0n) is 13.8. The van der Waals surface area contributed by atoms with E-state index in [1.807, 2.05) is 0 Å². The second kappa shape index (κ2) is 7.74. The van der Waals surface area contributed by atoms with E-state index >= 15 is 0 Å². The summed E-state index contributed by atoms with van der Waals surface area (Å²) in [6.45, 7) is 13.5. The maximum atomic E-state index is 2.44. The Labute approximate surface area is 120 Å². The number of hydrogen-bond acceptors (Lipinski definition) is 2. The van der Waals surface area contributed by atoms with Crippen molar-refractivity contribution in [2.75, 3.05) is 20.1 Å². The summed E-state index contributed by atoms with van der Waals surface area (Å²) >= 11 is 0. The molecule has 110 valence electrons. The molecule has 1 atom stereocenters. The number of likely N-dealkylation sites (N-methyl/N-ethyl adjacent to an activating group) is 1. The lowest BCUT2D eigenvalue weighted by molar-refractivity contribution is 0.0616. The van der Waals surface area contributed by atoms with Crippen LogP contribution in [0.3, 0.4) is 0 Å². The Morgan fingerprint density at radius 2 is 2.00 bits per heavy atom. The molecule has 0 fully saturated rings. The topological polar surface area (TPSA) is 6.48 Å². The van der Waals surface area contributed by atoms with Crippen LogP contribution in [0.25, 0.3) is 0 Å². The van der Waals surface area contributed by atoms with E-state index in [9.17, 15) is 0 Å². The summed E-state index contributed by atoms with van der Waals surface area (Å²) in [5.41, 5.74) is 4.68. The van der Waals surface area contributed by atoms with Crippen molar-refractivity contribution in [2.24, 2.45) is 5.92 Å². The Morgan fingerprint density at radius 1 is 1.32 bits per heavy atom. The van der Waals surface area contributed by atoms with Gasteiger partial charge in [0.05, 0.1) is 0 Å². The molecule has 0 radical (unpaired) electrons. The van der Waals surface area contributed by atoms with Gasteiger partial charge in [-0.3, -0.25) is 0 Å². The van der Waals surface area contributed by atoms with Crippen LogP contribution < -0.4 is 0 Å². The third-order valence-corrected chi connectivity index (χ3v) is 4.40. The summed E-state index contributed by atoms with van der Waals surface area (Å²) < 4.78 is 0. The molecule has 0 aromatic heterocycles. The predicted molar refractivity (Wildman–Crippen MR) is 84.8 cm³/mol. The third kappa shape index (κ3) is 4.10. The molecule has 1 rings (SSSR count). The van der Waals surface area contributed by atoms with Crippen molar-refractivity contribution in [3.63, 3.8) is 0 Å². The molecule has 1 heterocycles. The zero-order valence-corrected chi connectivity index (χ0v) is 13.8. The van der Waals surface area contributed by atoms with Gasteiger partial charge in [0, 0.05) is 31.8 Å². The summed E-state index contributed by atoms with van der Waals surface area (Å²) in [4.78, 5) is 0. The maximum Gasteiger partial charge on any atom is 0.0408 e. The maximum absolute atomic E-state index is 2.44. The molecule has 0 saturated carbocycles. The van der Waals surface area contributed by atoms with E-state index in [0.717, 1.165) is 19.0 Å². The van der Waals surface area contributed by atoms with Crippen LogP contribution in [0.4, 0.5) is 0 Å². The van der Waals surface area contributed by atoms with E-state index in [1.165, 1.54) is 31.3 Å². The first kappa shape index (κ1) is 16.3. The van der Waals surface area contributed by atoms with Gasteiger partial charge in [-0.15, -0.1) is 0 Å². The van der Waals surface area contributed by atoms with Crippen molar-refractivity contribution < 1.29 is 0 Å². The van der Waals surface area contributed by atoms with Gasteiger partial charge in [-0.2, -0.15) is 0 Å². The molecule has 19 heavy (non-hydrogen) atoms. The molecule has 0 aliphatic carbocycles. The van der Waals surface area contributed by atoms with Crippen molar-refractivity contribution in [3.8, 4) is 0 Å². The quantitative estimate of drug-likeness (QED) is 0.620. The van der Waals surface area contributed by atoms with Gasteiger partial charge in [-0.1, -0.05) is 31.9 Å². The Morgan fingerprint density at radius 3 is 2.47 bits per heavy atom. The molecule has 2 nitrogen and oxygen atoms in total. The lowest BCUT2D eigenvalue weighted by Gasteiger charge is -2.31. The van der Waals surface area contributed by atoms with Crippen LogP contribution in [-0.4, -0.2) is 30.2 Å². The Hall–Kier alpha value is -0.760. The lowest BCUT2D eigenvalue weighted by atomic mass is 9.90. The molecule has 0 aromatic rings. The molecular weight excluding hydrogens is 232 g/mol. The molecule has 0 saturated heterocycles. The number of nitrogens with zero attached hydrogens (tertiary/aromatic N) is 2. The first-order valence-electron chi connectivity index (χ1n) is 7.85. The van der Waals surface area contributed by atoms with E-state index in [0.29, 0.717) is 0 Å². The van der Waals surface area contributed by atoms with Crippen molar-refractivity contribution >= 4 is 0 Å². The number of hydrazine groups is 1. The standard InChI is InChI=1S/C17H32N2/c1-7-10-16(12-11-14(4)8-2)17-15(5)13-19(9-3)18(17)6/h8,16H,7,9-13H2,1-6H3/b14-8-/t16-/m0/s1. The van der Waals surface area contributed by atoms with Crippen molar-refractivity contribution in [1.82, 2.24) is 10.0 Å². The van der Waals surface area contributed by atoms with Gasteiger partial charge < -0.3 is 5.01 Å². The average molecular weight is 264 g/mol. The van der Waals surface area contributed by atoms with E-state index in [-0.39, 0.29) is 0 Å². The molecular formula is C17H32N2. The van der Waals surface area contributed by atoms with Crippen molar-refractivity contribution in [3.05, 3.63) is 22.9 Å². The fourth-order valence-corrected chi connectivity index (χ4v) is 3.14. The molecule has 0 N–H and O–H groups in total. The SMILES string of the molecule is C/C=C(/C)CC[C@H](CCC)C1=C(C)CN(CC)N1C. The zero-order chi connectivity index (χ0) is 14.4. The minimum atomic E-state index is 0.724. The van der Waals surface area contributed by atoms with E-state index in [1.54, 1.807) is 11.3 Å². The predicted octanol–water partition coefficient (Wildman–Crippen LogP) is 4.61. The van der Waals surface area contributed by atoms with Crippen molar-refractivity contribution in [1.29, 1.82) is 0 Å². The number of rotatable bonds is 7. The van der Waals surface area contributed by atoms with E-state index < -0.39 is 0 Å². The van der Waals surface area contributed by atoms with E-state index in [2.05, 4.69) is 57.8 Å². The molecule has 0 bridgehead atoms. The Balaban J connectivity index is 2.78. The van der Waals surface area contributed by atoms with Crippen LogP contribution in [0.5, 0.6) is 0 Å². The fourth-order valence-electron chi connectivity index (χ4n) is 3.14. The van der Waals surface area contributed by atoms with Crippen LogP contribution in [0.2, 0.25) is 0 Å². The molecule has 1 aliphatic rings. The lowest BCUT2D eigenvalue weighted by Crippen LogP contribution is -2.35. The smallest absolute Gasteiger partial charge is 0.0408 e. The largest absolute Gasteiger partial charge is 0.312 e. The minimum absolute atomic E-state index is 0.724. The number of hydrogen-bond donors (Lipinski definition) is 0. The van der Waals surface area contributed by atoms with Crippen LogP contribution in [0, 0.1) is 5.92 Å². The first-order valence-corrected chi connectivity index (χ1v) is 7.85. The summed E-state index contributed by atoms with van der Waals surface area (Å²) in [6, 6.07) is 0. The highest BCUT2D eigenvalue weighted by atomic mass is 15.6. The van der Waals surface area contributed by atoms with Crippen LogP contribution in [0.1, 0.15) is 60.3 Å². The molecule has 0 unspecified atom stereocenters. The third-order valence-electron chi connectivity index (χ3n) is 4.40. The van der Waals surface area contributed by atoms with Crippen LogP contribution >= 0.6 is 0 Å². The summed E-state index contributed by atoms with van der Waals surface area (Å²) in [7, 11) is 2.24. The monoisotopic (exact) mass is 264 g/mol. The second-order valence-electron chi connectivity index (χ2n) is 5.83. The van der Waals surface area contributed by atoms with Crippen molar-refractivity contribution in [2.45, 2.75) is 60.3 Å². The highest BCUT2D eigenvalue weighted by Crippen LogP contribution is 2.33. The van der Waals surface area contributed by atoms with Gasteiger partial charge in [0.15, 0.2) is 0 Å². The average Bonchev–Trinajstić information content (AvgIpc) is 2.69. The summed E-state index contributed by atoms with van der Waals surface area (Å²) in [5.74, 6) is 0.724. The minimum Gasteiger partial charge on any atom is -0.312 e. The van der Waals surface area contributed by atoms with Gasteiger partial charge in [0.2, 0.25) is 0 Å². The molecule has 2 heteroatoms. The van der Waals surface area contributed by atoms with Gasteiger partial charge in [-0.25, -0.2) is 5.01 Å².